The fourth-order valence-electron chi connectivity index (χ4n) is 4.70. The zero-order valence-electron chi connectivity index (χ0n) is 22.9. The van der Waals surface area contributed by atoms with E-state index in [0.717, 1.165) is 32.1 Å². The van der Waals surface area contributed by atoms with Crippen molar-refractivity contribution in [2.75, 3.05) is 6.61 Å². The van der Waals surface area contributed by atoms with Crippen LogP contribution >= 0.6 is 0 Å². The van der Waals surface area contributed by atoms with Crippen molar-refractivity contribution in [3.63, 3.8) is 0 Å². The first-order chi connectivity index (χ1) is 14.6. The third kappa shape index (κ3) is 6.34. The van der Waals surface area contributed by atoms with Gasteiger partial charge in [-0.15, -0.1) is 0 Å². The fourth-order valence-corrected chi connectivity index (χ4v) is 4.70. The maximum Gasteiger partial charge on any atom is 0.311 e. The number of carbonyl (C=O) groups is 2. The van der Waals surface area contributed by atoms with Crippen LogP contribution in [0, 0.1) is 17.3 Å². The first kappa shape index (κ1) is 29.1. The molecule has 0 bridgehead atoms. The second-order valence-electron chi connectivity index (χ2n) is 11.7. The third-order valence-electron chi connectivity index (χ3n) is 8.31. The smallest absolute Gasteiger partial charge is 0.311 e. The van der Waals surface area contributed by atoms with Gasteiger partial charge in [-0.25, -0.2) is 0 Å². The van der Waals surface area contributed by atoms with Crippen molar-refractivity contribution in [2.45, 2.75) is 138 Å². The van der Waals surface area contributed by atoms with Crippen LogP contribution in [0.1, 0.15) is 121 Å². The van der Waals surface area contributed by atoms with Gasteiger partial charge in [0.25, 0.3) is 0 Å². The lowest BCUT2D eigenvalue weighted by atomic mass is 9.70. The van der Waals surface area contributed by atoms with Gasteiger partial charge in [0.1, 0.15) is 5.78 Å². The second kappa shape index (κ2) is 11.0. The number of hydrogen-bond donors (Lipinski definition) is 0. The first-order valence-electron chi connectivity index (χ1n) is 12.8. The Morgan fingerprint density at radius 1 is 1.12 bits per heavy atom. The van der Waals surface area contributed by atoms with Gasteiger partial charge in [0.05, 0.1) is 29.2 Å². The molecule has 4 unspecified atom stereocenters. The van der Waals surface area contributed by atoms with E-state index < -0.39 is 22.6 Å². The Morgan fingerprint density at radius 2 is 1.72 bits per heavy atom. The second-order valence-corrected chi connectivity index (χ2v) is 11.7. The van der Waals surface area contributed by atoms with Gasteiger partial charge in [0, 0.05) is 12.3 Å². The van der Waals surface area contributed by atoms with Gasteiger partial charge in [-0.1, -0.05) is 61.3 Å². The molecule has 1 fully saturated rings. The fraction of sp³-hybridized carbons (Fsp3) is 0.926. The Kier molecular flexibility index (Phi) is 9.99. The summed E-state index contributed by atoms with van der Waals surface area (Å²) < 4.78 is 5.71. The van der Waals surface area contributed by atoms with Gasteiger partial charge < -0.3 is 4.74 Å². The highest BCUT2D eigenvalue weighted by Gasteiger charge is 2.56. The van der Waals surface area contributed by atoms with E-state index in [4.69, 9.17) is 9.57 Å². The summed E-state index contributed by atoms with van der Waals surface area (Å²) >= 11 is 0. The lowest BCUT2D eigenvalue weighted by Gasteiger charge is -2.58. The number of carbonyl (C=O) groups excluding carboxylic acids is 2. The number of piperidine rings is 1. The number of Topliss-reactive ketones (excluding diaryl/α,β-unsaturated/α-hetero) is 1. The summed E-state index contributed by atoms with van der Waals surface area (Å²) in [6.45, 7) is 23.6. The number of ketones is 1. The summed E-state index contributed by atoms with van der Waals surface area (Å²) in [5.74, 6) is -0.420. The van der Waals surface area contributed by atoms with E-state index in [2.05, 4.69) is 60.5 Å². The van der Waals surface area contributed by atoms with E-state index in [1.54, 1.807) is 0 Å². The molecule has 1 saturated heterocycles. The van der Waals surface area contributed by atoms with Crippen LogP contribution in [0.4, 0.5) is 0 Å². The van der Waals surface area contributed by atoms with Crippen LogP contribution < -0.4 is 0 Å². The van der Waals surface area contributed by atoms with E-state index in [1.165, 1.54) is 0 Å². The molecule has 0 N–H and O–H groups in total. The van der Waals surface area contributed by atoms with E-state index >= 15 is 0 Å². The zero-order valence-corrected chi connectivity index (χ0v) is 22.9. The summed E-state index contributed by atoms with van der Waals surface area (Å²) in [5, 5.41) is 2.09. The van der Waals surface area contributed by atoms with Crippen LogP contribution in [0.5, 0.6) is 0 Å². The highest BCUT2D eigenvalue weighted by atomic mass is 16.7. The number of ether oxygens (including phenoxy) is 1. The van der Waals surface area contributed by atoms with Crippen LogP contribution in [-0.4, -0.2) is 40.1 Å². The largest absolute Gasteiger partial charge is 0.465 e. The summed E-state index contributed by atoms with van der Waals surface area (Å²) in [5.41, 5.74) is -1.64. The zero-order chi connectivity index (χ0) is 25.0. The van der Waals surface area contributed by atoms with Crippen LogP contribution in [0.3, 0.4) is 0 Å². The molecular weight excluding hydrogens is 402 g/mol. The standard InChI is InChI=1S/C27H51NO4/c1-12-16-17-31-23(30)21(18-24(6,7)13-2)25(8,9)32-28-26(10,14-3)19-22(29)20(5)27(28,11)15-4/h20-21H,12-19H2,1-11H3. The topological polar surface area (TPSA) is 55.8 Å². The molecule has 0 radical (unpaired) electrons. The molecule has 4 atom stereocenters. The molecule has 1 aliphatic heterocycles. The van der Waals surface area contributed by atoms with Crippen molar-refractivity contribution in [3.05, 3.63) is 0 Å². The van der Waals surface area contributed by atoms with Crippen molar-refractivity contribution in [3.8, 4) is 0 Å². The number of hydrogen-bond acceptors (Lipinski definition) is 5. The molecule has 0 aliphatic carbocycles. The average molecular weight is 454 g/mol. The highest BCUT2D eigenvalue weighted by Crippen LogP contribution is 2.47. The molecule has 1 aliphatic rings. The Morgan fingerprint density at radius 3 is 2.19 bits per heavy atom. The molecule has 1 heterocycles. The van der Waals surface area contributed by atoms with Crippen molar-refractivity contribution >= 4 is 11.8 Å². The Bertz CT molecular complexity index is 644. The monoisotopic (exact) mass is 453 g/mol. The van der Waals surface area contributed by atoms with Gasteiger partial charge in [-0.05, 0) is 58.8 Å². The molecule has 0 aromatic carbocycles. The minimum absolute atomic E-state index is 0.0116. The normalized spacial score (nSPS) is 28.6. The molecule has 32 heavy (non-hydrogen) atoms. The minimum Gasteiger partial charge on any atom is -0.465 e. The van der Waals surface area contributed by atoms with Gasteiger partial charge in [0.15, 0.2) is 0 Å². The third-order valence-corrected chi connectivity index (χ3v) is 8.31. The average Bonchev–Trinajstić information content (AvgIpc) is 2.73. The van der Waals surface area contributed by atoms with Crippen molar-refractivity contribution < 1.29 is 19.2 Å². The van der Waals surface area contributed by atoms with Gasteiger partial charge in [-0.2, -0.15) is 5.06 Å². The van der Waals surface area contributed by atoms with Crippen LogP contribution in [0.2, 0.25) is 0 Å². The number of nitrogens with zero attached hydrogens (tertiary/aromatic N) is 1. The van der Waals surface area contributed by atoms with Crippen LogP contribution in [0.15, 0.2) is 0 Å². The highest BCUT2D eigenvalue weighted by molar-refractivity contribution is 5.84. The maximum atomic E-state index is 13.3. The molecule has 0 saturated carbocycles. The number of unbranched alkanes of at least 4 members (excludes halogenated alkanes) is 1. The number of esters is 1. The molecule has 0 aromatic rings. The molecule has 0 amide bonds. The molecule has 5 nitrogen and oxygen atoms in total. The Balaban J connectivity index is 3.37. The van der Waals surface area contributed by atoms with Gasteiger partial charge >= 0.3 is 5.97 Å². The summed E-state index contributed by atoms with van der Waals surface area (Å²) in [6.07, 6.45) is 5.56. The lowest BCUT2D eigenvalue weighted by molar-refractivity contribution is -0.347. The summed E-state index contributed by atoms with van der Waals surface area (Å²) in [7, 11) is 0. The minimum atomic E-state index is -0.775. The first-order valence-corrected chi connectivity index (χ1v) is 12.8. The van der Waals surface area contributed by atoms with Crippen molar-refractivity contribution in [1.82, 2.24) is 5.06 Å². The molecule has 5 heteroatoms. The number of hydroxylamine groups is 2. The quantitative estimate of drug-likeness (QED) is 0.242. The van der Waals surface area contributed by atoms with Crippen molar-refractivity contribution in [1.29, 1.82) is 0 Å². The van der Waals surface area contributed by atoms with E-state index in [1.807, 2.05) is 20.8 Å². The summed E-state index contributed by atoms with van der Waals surface area (Å²) in [4.78, 5) is 33.1. The predicted octanol–water partition coefficient (Wildman–Crippen LogP) is 6.73. The summed E-state index contributed by atoms with van der Waals surface area (Å²) in [6, 6.07) is 0. The van der Waals surface area contributed by atoms with Gasteiger partial charge in [0.2, 0.25) is 0 Å². The Hall–Kier alpha value is -0.940. The van der Waals surface area contributed by atoms with Gasteiger partial charge in [-0.3, -0.25) is 14.4 Å². The molecule has 188 valence electrons. The predicted molar refractivity (Wildman–Crippen MR) is 131 cm³/mol. The van der Waals surface area contributed by atoms with E-state index in [9.17, 15) is 9.59 Å². The Labute approximate surface area is 197 Å². The molecular formula is C27H51NO4. The number of rotatable bonds is 12. The molecule has 0 aromatic heterocycles. The van der Waals surface area contributed by atoms with E-state index in [0.29, 0.717) is 25.2 Å². The van der Waals surface area contributed by atoms with Crippen LogP contribution in [-0.2, 0) is 19.2 Å². The SMILES string of the molecule is CCCCOC(=O)C(CC(C)(C)CC)C(C)(C)ON1C(C)(CC)CC(=O)C(C)C1(C)CC. The van der Waals surface area contributed by atoms with Crippen LogP contribution in [0.25, 0.3) is 0 Å². The molecule has 0 spiro atoms. The van der Waals surface area contributed by atoms with E-state index in [-0.39, 0.29) is 17.3 Å². The maximum absolute atomic E-state index is 13.3. The lowest BCUT2D eigenvalue weighted by Crippen LogP contribution is -2.68. The van der Waals surface area contributed by atoms with Crippen molar-refractivity contribution in [2.24, 2.45) is 17.3 Å². The molecule has 1 rings (SSSR count).